The predicted octanol–water partition coefficient (Wildman–Crippen LogP) is 5.25. The van der Waals surface area contributed by atoms with E-state index in [9.17, 15) is 23.1 Å². The zero-order chi connectivity index (χ0) is 20.5. The van der Waals surface area contributed by atoms with Crippen LogP contribution in [0.2, 0.25) is 0 Å². The summed E-state index contributed by atoms with van der Waals surface area (Å²) < 4.78 is 46.8. The number of ether oxygens (including phenoxy) is 1. The molecule has 8 atom stereocenters. The van der Waals surface area contributed by atoms with Gasteiger partial charge in [-0.05, 0) is 86.9 Å². The van der Waals surface area contributed by atoms with Crippen LogP contribution in [0.1, 0.15) is 78.6 Å². The standard InChI is InChI=1S/C22H33F3O3/c1-13(26)28-15-6-9-19(2)14(12-15)4-5-16-17(19)7-10-20(3)18(16)8-11-21(20,27)22(23,24)25/h14-18,27H,4-12H2,1-3H3/t14-,15-,16+,17-,18-,19-,20-,21-/m0/s1. The van der Waals surface area contributed by atoms with E-state index in [1.54, 1.807) is 6.92 Å². The average Bonchev–Trinajstić information content (AvgIpc) is 2.87. The maximum absolute atomic E-state index is 13.8. The van der Waals surface area contributed by atoms with Crippen LogP contribution in [0.25, 0.3) is 0 Å². The molecule has 28 heavy (non-hydrogen) atoms. The molecule has 4 saturated carbocycles. The van der Waals surface area contributed by atoms with E-state index in [0.717, 1.165) is 38.5 Å². The molecule has 4 rings (SSSR count). The number of hydrogen-bond donors (Lipinski definition) is 1. The quantitative estimate of drug-likeness (QED) is 0.609. The van der Waals surface area contributed by atoms with Crippen molar-refractivity contribution in [3.63, 3.8) is 0 Å². The Morgan fingerprint density at radius 3 is 2.32 bits per heavy atom. The third-order valence-corrected chi connectivity index (χ3v) is 9.57. The van der Waals surface area contributed by atoms with Crippen LogP contribution in [0.15, 0.2) is 0 Å². The number of carbonyl (C=O) groups is 1. The van der Waals surface area contributed by atoms with Gasteiger partial charge in [-0.15, -0.1) is 0 Å². The van der Waals surface area contributed by atoms with Crippen LogP contribution in [0.3, 0.4) is 0 Å². The molecule has 6 heteroatoms. The van der Waals surface area contributed by atoms with Crippen LogP contribution in [-0.2, 0) is 9.53 Å². The van der Waals surface area contributed by atoms with E-state index in [1.165, 1.54) is 6.92 Å². The van der Waals surface area contributed by atoms with E-state index in [0.29, 0.717) is 24.7 Å². The van der Waals surface area contributed by atoms with E-state index >= 15 is 0 Å². The Labute approximate surface area is 165 Å². The third-order valence-electron chi connectivity index (χ3n) is 9.57. The number of carbonyl (C=O) groups excluding carboxylic acids is 1. The van der Waals surface area contributed by atoms with Gasteiger partial charge in [0, 0.05) is 12.3 Å². The molecule has 0 aromatic rings. The molecule has 4 fully saturated rings. The van der Waals surface area contributed by atoms with Crippen LogP contribution < -0.4 is 0 Å². The lowest BCUT2D eigenvalue weighted by molar-refractivity contribution is -0.304. The highest BCUT2D eigenvalue weighted by Crippen LogP contribution is 2.70. The van der Waals surface area contributed by atoms with E-state index < -0.39 is 17.2 Å². The van der Waals surface area contributed by atoms with Crippen molar-refractivity contribution in [2.75, 3.05) is 0 Å². The van der Waals surface area contributed by atoms with Crippen molar-refractivity contribution in [2.24, 2.45) is 34.5 Å². The van der Waals surface area contributed by atoms with Gasteiger partial charge in [-0.2, -0.15) is 13.2 Å². The topological polar surface area (TPSA) is 46.5 Å². The van der Waals surface area contributed by atoms with Crippen LogP contribution in [0.5, 0.6) is 0 Å². The second-order valence-electron chi connectivity index (χ2n) is 10.5. The average molecular weight is 402 g/mol. The number of halogens is 3. The molecular formula is C22H33F3O3. The number of rotatable bonds is 1. The van der Waals surface area contributed by atoms with Gasteiger partial charge < -0.3 is 9.84 Å². The number of esters is 1. The monoisotopic (exact) mass is 402 g/mol. The van der Waals surface area contributed by atoms with Crippen molar-refractivity contribution in [3.8, 4) is 0 Å². The molecule has 0 unspecified atom stereocenters. The minimum atomic E-state index is -4.56. The highest BCUT2D eigenvalue weighted by atomic mass is 19.4. The van der Waals surface area contributed by atoms with Gasteiger partial charge in [-0.1, -0.05) is 13.8 Å². The first-order chi connectivity index (χ1) is 12.9. The highest BCUT2D eigenvalue weighted by molar-refractivity contribution is 5.66. The minimum absolute atomic E-state index is 0.0113. The first kappa shape index (κ1) is 20.5. The van der Waals surface area contributed by atoms with Crippen molar-refractivity contribution in [3.05, 3.63) is 0 Å². The molecule has 4 aliphatic carbocycles. The number of alkyl halides is 3. The molecule has 0 amide bonds. The molecule has 0 aromatic heterocycles. The molecule has 160 valence electrons. The zero-order valence-corrected chi connectivity index (χ0v) is 17.1. The number of hydrogen-bond acceptors (Lipinski definition) is 3. The van der Waals surface area contributed by atoms with Crippen molar-refractivity contribution in [1.29, 1.82) is 0 Å². The van der Waals surface area contributed by atoms with Gasteiger partial charge in [0.05, 0.1) is 0 Å². The first-order valence-electron chi connectivity index (χ1n) is 10.9. The largest absolute Gasteiger partial charge is 0.463 e. The van der Waals surface area contributed by atoms with Gasteiger partial charge in [0.15, 0.2) is 5.60 Å². The van der Waals surface area contributed by atoms with Gasteiger partial charge in [-0.3, -0.25) is 4.79 Å². The van der Waals surface area contributed by atoms with Gasteiger partial charge in [0.1, 0.15) is 6.10 Å². The molecule has 0 aromatic carbocycles. The molecule has 4 aliphatic rings. The summed E-state index contributed by atoms with van der Waals surface area (Å²) in [5.41, 5.74) is -3.50. The summed E-state index contributed by atoms with van der Waals surface area (Å²) >= 11 is 0. The molecule has 0 bridgehead atoms. The third kappa shape index (κ3) is 2.69. The molecule has 0 saturated heterocycles. The Morgan fingerprint density at radius 2 is 1.68 bits per heavy atom. The Hall–Kier alpha value is -0.780. The molecule has 0 aliphatic heterocycles. The fraction of sp³-hybridized carbons (Fsp3) is 0.955. The molecule has 0 radical (unpaired) electrons. The predicted molar refractivity (Wildman–Crippen MR) is 98.3 cm³/mol. The molecule has 1 N–H and O–H groups in total. The fourth-order valence-corrected chi connectivity index (χ4v) is 8.04. The van der Waals surface area contributed by atoms with E-state index in [-0.39, 0.29) is 35.7 Å². The van der Waals surface area contributed by atoms with E-state index in [4.69, 9.17) is 4.74 Å². The number of aliphatic hydroxyl groups is 1. The second kappa shape index (κ2) is 6.36. The van der Waals surface area contributed by atoms with Gasteiger partial charge in [0.2, 0.25) is 0 Å². The van der Waals surface area contributed by atoms with Crippen LogP contribution in [-0.4, -0.2) is 29.0 Å². The highest BCUT2D eigenvalue weighted by Gasteiger charge is 2.72. The summed E-state index contributed by atoms with van der Waals surface area (Å²) in [5, 5.41) is 10.7. The van der Waals surface area contributed by atoms with Crippen LogP contribution >= 0.6 is 0 Å². The van der Waals surface area contributed by atoms with Gasteiger partial charge in [0.25, 0.3) is 0 Å². The van der Waals surface area contributed by atoms with Crippen molar-refractivity contribution >= 4 is 5.97 Å². The summed E-state index contributed by atoms with van der Waals surface area (Å²) in [5.74, 6) is 0.869. The lowest BCUT2D eigenvalue weighted by Gasteiger charge is -2.61. The second-order valence-corrected chi connectivity index (χ2v) is 10.5. The SMILES string of the molecule is CC(=O)O[C@H]1CC[C@@]2(C)[C@@H](CC[C@@H]3[C@@H]2CC[C@@]2(C)[C@H]3CC[C@@]2(O)C(F)(F)F)C1. The maximum Gasteiger partial charge on any atom is 0.417 e. The van der Waals surface area contributed by atoms with Crippen molar-refractivity contribution in [1.82, 2.24) is 0 Å². The Bertz CT molecular complexity index is 649. The van der Waals surface area contributed by atoms with Crippen molar-refractivity contribution in [2.45, 2.75) is 96.4 Å². The smallest absolute Gasteiger partial charge is 0.417 e. The first-order valence-corrected chi connectivity index (χ1v) is 10.9. The summed E-state index contributed by atoms with van der Waals surface area (Å²) in [7, 11) is 0. The van der Waals surface area contributed by atoms with Gasteiger partial charge in [-0.25, -0.2) is 0 Å². The molecule has 3 nitrogen and oxygen atoms in total. The number of fused-ring (bicyclic) bond motifs is 5. The fourth-order valence-electron chi connectivity index (χ4n) is 8.04. The summed E-state index contributed by atoms with van der Waals surface area (Å²) in [6, 6.07) is 0. The molecule has 0 heterocycles. The Kier molecular flexibility index (Phi) is 4.65. The minimum Gasteiger partial charge on any atom is -0.463 e. The maximum atomic E-state index is 13.8. The molecular weight excluding hydrogens is 369 g/mol. The summed E-state index contributed by atoms with van der Waals surface area (Å²) in [4.78, 5) is 11.3. The van der Waals surface area contributed by atoms with Crippen LogP contribution in [0.4, 0.5) is 13.2 Å². The van der Waals surface area contributed by atoms with Crippen molar-refractivity contribution < 1.29 is 27.8 Å². The normalized spacial score (nSPS) is 51.0. The summed E-state index contributed by atoms with van der Waals surface area (Å²) in [6.07, 6.45) is 1.60. The van der Waals surface area contributed by atoms with Gasteiger partial charge >= 0.3 is 12.1 Å². The Morgan fingerprint density at radius 1 is 1.00 bits per heavy atom. The molecule has 0 spiro atoms. The lowest BCUT2D eigenvalue weighted by atomic mass is 9.44. The summed E-state index contributed by atoms with van der Waals surface area (Å²) in [6.45, 7) is 5.47. The zero-order valence-electron chi connectivity index (χ0n) is 17.1. The lowest BCUT2D eigenvalue weighted by Crippen LogP contribution is -2.61. The van der Waals surface area contributed by atoms with E-state index in [2.05, 4.69) is 6.92 Å². The van der Waals surface area contributed by atoms with E-state index in [1.807, 2.05) is 0 Å². The Balaban J connectivity index is 1.57. The van der Waals surface area contributed by atoms with Crippen LogP contribution in [0, 0.1) is 34.5 Å².